The van der Waals surface area contributed by atoms with E-state index in [1.807, 2.05) is 114 Å². The summed E-state index contributed by atoms with van der Waals surface area (Å²) in [5.41, 5.74) is 63.0. The molecule has 0 bridgehead atoms. The number of benzene rings is 4. The van der Waals surface area contributed by atoms with Crippen molar-refractivity contribution in [2.24, 2.45) is 0 Å². The second-order valence-corrected chi connectivity index (χ2v) is 34.7. The monoisotopic (exact) mass is 1840 g/mol. The molecule has 18 rings (SSSR count). The van der Waals surface area contributed by atoms with Crippen LogP contribution in [0.4, 0.5) is 47.3 Å². The van der Waals surface area contributed by atoms with Gasteiger partial charge in [-0.15, -0.1) is 0 Å². The molecule has 0 unspecified atom stereocenters. The molecule has 0 saturated heterocycles. The van der Waals surface area contributed by atoms with Gasteiger partial charge >= 0.3 is 0 Å². The molecule has 0 atom stereocenters. The van der Waals surface area contributed by atoms with E-state index in [0.29, 0.717) is 106 Å². The summed E-state index contributed by atoms with van der Waals surface area (Å²) in [5.74, 6) is 8.77. The molecule has 14 aromatic heterocycles. The lowest BCUT2D eigenvalue weighted by Crippen LogP contribution is -2.02. The molecule has 16 N–H and O–H groups in total. The number of hydrogen-bond acceptors (Lipinski definition) is 34. The first-order chi connectivity index (χ1) is 64.1. The average Bonchev–Trinajstić information content (AvgIpc) is 1.69. The highest BCUT2D eigenvalue weighted by molar-refractivity contribution is 7.09. The summed E-state index contributed by atoms with van der Waals surface area (Å²) >= 11 is 2.62. The SMILES string of the molecule is CC(C)c1ccc(-c2ccon2)nc1.CC(C)c1ccc(-c2nc(N)no2)cn1.CC(C)c1ccc(-c2nc(N)no2)nc1.CC(C)c1ccc(-c2nc(N)ns2)cc1.CC(C)c1ccc(-c2nc(N)ns2)cn1.CC(C)c1ccc(-n2nccc2N)cc1.CC(C)c1ccc(-n2ncnc2N)cc1.CC(C)c1ccc(-n2nnnc2N)cc1.CC(C)c1cn(-c2cccc(N)n2)cn1. The summed E-state index contributed by atoms with van der Waals surface area (Å²) < 4.78 is 29.2. The molecule has 134 heavy (non-hydrogen) atoms. The summed E-state index contributed by atoms with van der Waals surface area (Å²) in [7, 11) is 0. The molecular weight excluding hydrogens is 1730 g/mol. The van der Waals surface area contributed by atoms with Crippen molar-refractivity contribution in [3.8, 4) is 78.4 Å². The zero-order valence-electron chi connectivity index (χ0n) is 78.5. The third-order valence-electron chi connectivity index (χ3n) is 20.0. The maximum Gasteiger partial charge on any atom is 0.278 e. The van der Waals surface area contributed by atoms with E-state index in [0.717, 1.165) is 78.1 Å². The van der Waals surface area contributed by atoms with Gasteiger partial charge in [0.2, 0.25) is 23.8 Å². The van der Waals surface area contributed by atoms with E-state index in [4.69, 9.17) is 59.4 Å². The Bertz CT molecular complexity index is 5890. The molecular formula is C96H117N33O3S2. The van der Waals surface area contributed by atoms with Crippen LogP contribution in [0.5, 0.6) is 0 Å². The number of pyridine rings is 5. The maximum absolute atomic E-state index is 5.77. The van der Waals surface area contributed by atoms with Crippen LogP contribution in [-0.2, 0) is 0 Å². The fraction of sp³-hybridized carbons (Fsp3) is 0.281. The van der Waals surface area contributed by atoms with Crippen LogP contribution in [0.25, 0.3) is 78.4 Å². The molecule has 0 aliphatic carbocycles. The van der Waals surface area contributed by atoms with Gasteiger partial charge in [-0.1, -0.05) is 214 Å². The highest BCUT2D eigenvalue weighted by Crippen LogP contribution is 2.29. The van der Waals surface area contributed by atoms with E-state index < -0.39 is 0 Å². The minimum atomic E-state index is 0.125. The molecule has 0 amide bonds. The van der Waals surface area contributed by atoms with Gasteiger partial charge < -0.3 is 59.4 Å². The molecule has 0 saturated carbocycles. The van der Waals surface area contributed by atoms with Crippen LogP contribution >= 0.6 is 23.1 Å². The maximum atomic E-state index is 5.77. The molecule has 36 nitrogen and oxygen atoms in total. The molecule has 0 fully saturated rings. The van der Waals surface area contributed by atoms with Crippen molar-refractivity contribution in [2.75, 3.05) is 45.9 Å². The van der Waals surface area contributed by atoms with E-state index in [1.165, 1.54) is 67.5 Å². The van der Waals surface area contributed by atoms with Crippen molar-refractivity contribution < 1.29 is 13.6 Å². The van der Waals surface area contributed by atoms with Gasteiger partial charge in [-0.05, 0) is 215 Å². The Balaban J connectivity index is 0.000000156. The highest BCUT2D eigenvalue weighted by Gasteiger charge is 2.16. The lowest BCUT2D eigenvalue weighted by molar-refractivity contribution is 0.422. The molecule has 0 aliphatic rings. The number of rotatable bonds is 18. The molecule has 18 aromatic rings. The summed E-state index contributed by atoms with van der Waals surface area (Å²) in [6.45, 7) is 38.5. The van der Waals surface area contributed by atoms with Gasteiger partial charge in [0, 0.05) is 65.6 Å². The predicted molar refractivity (Wildman–Crippen MR) is 531 cm³/mol. The summed E-state index contributed by atoms with van der Waals surface area (Å²) in [4.78, 5) is 45.7. The van der Waals surface area contributed by atoms with Crippen molar-refractivity contribution >= 4 is 70.4 Å². The highest BCUT2D eigenvalue weighted by atomic mass is 32.1. The fourth-order valence-corrected chi connectivity index (χ4v) is 13.1. The average molecular weight is 1850 g/mol. The third kappa shape index (κ3) is 29.6. The van der Waals surface area contributed by atoms with Crippen LogP contribution in [0, 0.1) is 0 Å². The van der Waals surface area contributed by atoms with Gasteiger partial charge in [-0.3, -0.25) is 24.5 Å². The van der Waals surface area contributed by atoms with Crippen molar-refractivity contribution in [1.82, 2.24) is 123 Å². The normalized spacial score (nSPS) is 10.9. The lowest BCUT2D eigenvalue weighted by Gasteiger charge is -2.07. The summed E-state index contributed by atoms with van der Waals surface area (Å²) in [6, 6.07) is 57.8. The number of anilines is 8. The number of tetrazole rings is 1. The van der Waals surface area contributed by atoms with Crippen LogP contribution < -0.4 is 45.9 Å². The second kappa shape index (κ2) is 48.8. The van der Waals surface area contributed by atoms with Crippen LogP contribution in [0.2, 0.25) is 0 Å². The lowest BCUT2D eigenvalue weighted by atomic mass is 10.0. The molecule has 0 radical (unpaired) electrons. The first-order valence-electron chi connectivity index (χ1n) is 43.4. The van der Waals surface area contributed by atoms with Gasteiger partial charge in [-0.25, -0.2) is 14.6 Å². The van der Waals surface area contributed by atoms with Crippen molar-refractivity contribution in [2.45, 2.75) is 178 Å². The Morgan fingerprint density at radius 3 is 1.18 bits per heavy atom. The third-order valence-corrected chi connectivity index (χ3v) is 21.6. The first-order valence-corrected chi connectivity index (χ1v) is 45.0. The Kier molecular flexibility index (Phi) is 36.6. The standard InChI is InChI=1S/C12H15N3.2C11H14N4.C11H13N3S.C11H12N2O.C10H13N5.2C10H12N4O.C10H12N4S/c1-9(2)10-3-5-11(6-4-10)15-12(13)7-8-14-15;1-8(2)9-3-5-10(6-4-9)15-11(12)13-7-14-15;1-8(2)9-6-15(7-13-9)11-5-3-4-10(12)14-11;1-7(2)8-3-5-9(6-4-8)10-13-11(12)14-15-10;1-8(2)9-3-4-10(12-7-9)11-5-6-14-13-11;1-7(2)8-3-5-9(6-4-8)15-10(11)12-13-14-15;1-6(2)8-4-3-7(5-12-8)9-13-10(11)14-15-9;1-6(2)7-3-4-8(12-5-7)9-13-10(11)14-15-9;1-6(2)8-4-3-7(5-12-8)9-13-10(11)14-15-9/h3-9H,13H2,1-2H3;3-8H,1-2H3,(H2,12,13,14);3-8H,1-2H3,(H2,12,14);3-7H,1-2H3,(H2,12,14);3-8H,1-2H3;3-7H,1-2H3,(H2,11,12,14);3*3-6H,1-2H3,(H2,11,14). The number of hydrogen-bond donors (Lipinski definition) is 8. The fourth-order valence-electron chi connectivity index (χ4n) is 12.0. The molecule has 0 spiro atoms. The first kappa shape index (κ1) is 100. The van der Waals surface area contributed by atoms with E-state index in [1.54, 1.807) is 58.7 Å². The Labute approximate surface area is 787 Å². The van der Waals surface area contributed by atoms with Crippen LogP contribution in [0.3, 0.4) is 0 Å². The second-order valence-electron chi connectivity index (χ2n) is 33.2. The van der Waals surface area contributed by atoms with E-state index in [9.17, 15) is 0 Å². The van der Waals surface area contributed by atoms with E-state index in [2.05, 4.69) is 296 Å². The molecule has 696 valence electrons. The number of nitrogens with two attached hydrogens (primary N) is 8. The molecule has 4 aromatic carbocycles. The van der Waals surface area contributed by atoms with Crippen LogP contribution in [0.15, 0.2) is 246 Å². The minimum Gasteiger partial charge on any atom is -0.384 e. The largest absolute Gasteiger partial charge is 0.384 e. The van der Waals surface area contributed by atoms with Gasteiger partial charge in [0.15, 0.2) is 0 Å². The molecule has 38 heteroatoms. The van der Waals surface area contributed by atoms with Crippen molar-refractivity contribution in [1.29, 1.82) is 0 Å². The topological polar surface area (TPSA) is 538 Å². The zero-order chi connectivity index (χ0) is 96.7. The quantitative estimate of drug-likeness (QED) is 0.0395. The Morgan fingerprint density at radius 2 is 0.799 bits per heavy atom. The Hall–Kier alpha value is -15.7. The van der Waals surface area contributed by atoms with Gasteiger partial charge in [0.05, 0.1) is 40.2 Å². The molecule has 14 heterocycles. The number of nitrogen functional groups attached to an aromatic ring is 8. The Morgan fingerprint density at radius 1 is 0.336 bits per heavy atom. The van der Waals surface area contributed by atoms with Gasteiger partial charge in [0.25, 0.3) is 23.7 Å². The minimum absolute atomic E-state index is 0.125. The summed E-state index contributed by atoms with van der Waals surface area (Å²) in [6.07, 6.45) is 15.7. The number of imidazole rings is 1. The van der Waals surface area contributed by atoms with Crippen molar-refractivity contribution in [3.05, 3.63) is 282 Å². The van der Waals surface area contributed by atoms with Crippen LogP contribution in [0.1, 0.15) is 228 Å². The van der Waals surface area contributed by atoms with Crippen molar-refractivity contribution in [3.63, 3.8) is 0 Å². The number of aromatic nitrogens is 25. The van der Waals surface area contributed by atoms with E-state index in [-0.39, 0.29) is 11.9 Å². The molecule has 0 aliphatic heterocycles. The van der Waals surface area contributed by atoms with E-state index >= 15 is 0 Å². The van der Waals surface area contributed by atoms with Crippen LogP contribution in [-0.4, -0.2) is 123 Å². The summed E-state index contributed by atoms with van der Waals surface area (Å²) in [5, 5.41) is 31.6. The predicted octanol–water partition coefficient (Wildman–Crippen LogP) is 19.6. The number of nitrogens with zero attached hydrogens (tertiary/aromatic N) is 25. The van der Waals surface area contributed by atoms with Gasteiger partial charge in [-0.2, -0.15) is 53.2 Å². The smallest absolute Gasteiger partial charge is 0.278 e. The van der Waals surface area contributed by atoms with Gasteiger partial charge in [0.1, 0.15) is 57.8 Å². The zero-order valence-corrected chi connectivity index (χ0v) is 80.1.